The van der Waals surface area contributed by atoms with Crippen LogP contribution in [0.2, 0.25) is 0 Å². The van der Waals surface area contributed by atoms with E-state index in [2.05, 4.69) is 14.2 Å². The first-order chi connectivity index (χ1) is 11.6. The van der Waals surface area contributed by atoms with Crippen LogP contribution >= 0.6 is 0 Å². The van der Waals surface area contributed by atoms with Crippen molar-refractivity contribution >= 4 is 6.16 Å². The van der Waals surface area contributed by atoms with Gasteiger partial charge >= 0.3 is 6.16 Å². The Morgan fingerprint density at radius 2 is 1.25 bits per heavy atom. The first-order valence-corrected chi connectivity index (χ1v) is 8.08. The van der Waals surface area contributed by atoms with Crippen LogP contribution < -0.4 is 0 Å². The zero-order chi connectivity index (χ0) is 18.9. The summed E-state index contributed by atoms with van der Waals surface area (Å²) in [4.78, 5) is 9.15. The Morgan fingerprint density at radius 3 is 1.42 bits per heavy atom. The van der Waals surface area contributed by atoms with Crippen molar-refractivity contribution in [3.8, 4) is 0 Å². The Balaban J connectivity index is -0.000000250. The van der Waals surface area contributed by atoms with E-state index in [1.54, 1.807) is 14.2 Å². The number of carboxylic acid groups (broad SMARTS) is 1. The van der Waals surface area contributed by atoms with Crippen LogP contribution in [0.5, 0.6) is 0 Å². The maximum absolute atomic E-state index is 9.15. The van der Waals surface area contributed by atoms with Gasteiger partial charge in [-0.3, -0.25) is 0 Å². The normalized spacial score (nSPS) is 11.9. The molecule has 0 unspecified atom stereocenters. The van der Waals surface area contributed by atoms with Gasteiger partial charge < -0.3 is 33.5 Å². The van der Waals surface area contributed by atoms with Crippen molar-refractivity contribution < 1.29 is 38.3 Å². The molecule has 0 saturated carbocycles. The van der Waals surface area contributed by atoms with Gasteiger partial charge in [0, 0.05) is 40.6 Å². The summed E-state index contributed by atoms with van der Waals surface area (Å²) in [5.41, 5.74) is 0. The van der Waals surface area contributed by atoms with Crippen LogP contribution in [-0.4, -0.2) is 85.4 Å². The molecule has 0 aromatic carbocycles. The van der Waals surface area contributed by atoms with Crippen molar-refractivity contribution in [1.29, 1.82) is 0 Å². The molecule has 1 aliphatic rings. The van der Waals surface area contributed by atoms with Gasteiger partial charge in [-0.05, 0) is 26.7 Å². The van der Waals surface area contributed by atoms with Gasteiger partial charge in [0.2, 0.25) is 0 Å². The van der Waals surface area contributed by atoms with Gasteiger partial charge in [-0.1, -0.05) is 0 Å². The summed E-state index contributed by atoms with van der Waals surface area (Å²) < 4.78 is 27.9. The highest BCUT2D eigenvalue weighted by atomic mass is 16.6. The molecule has 0 radical (unpaired) electrons. The Kier molecular flexibility index (Phi) is 34.9. The summed E-state index contributed by atoms with van der Waals surface area (Å²) in [7, 11) is 4.40. The molecule has 0 spiro atoms. The minimum Gasteiger partial charge on any atom is -0.450 e. The SMILES string of the molecule is C1CCOC1.CCOCCOCC.COC(=O)O.COCCOC. The van der Waals surface area contributed by atoms with Crippen LogP contribution in [0, 0.1) is 0 Å². The smallest absolute Gasteiger partial charge is 0.450 e. The third-order valence-electron chi connectivity index (χ3n) is 2.27. The quantitative estimate of drug-likeness (QED) is 0.524. The van der Waals surface area contributed by atoms with E-state index in [0.717, 1.165) is 46.8 Å². The van der Waals surface area contributed by atoms with Crippen LogP contribution in [0.15, 0.2) is 0 Å². The van der Waals surface area contributed by atoms with Crippen molar-refractivity contribution in [2.24, 2.45) is 0 Å². The van der Waals surface area contributed by atoms with Crippen molar-refractivity contribution in [2.75, 3.05) is 74.2 Å². The molecular formula is C16H36O8. The van der Waals surface area contributed by atoms with Crippen LogP contribution in [0.25, 0.3) is 0 Å². The number of hydrogen-bond acceptors (Lipinski definition) is 7. The van der Waals surface area contributed by atoms with E-state index in [1.807, 2.05) is 13.8 Å². The Hall–Kier alpha value is -0.930. The number of ether oxygens (including phenoxy) is 6. The van der Waals surface area contributed by atoms with E-state index in [-0.39, 0.29) is 0 Å². The molecular weight excluding hydrogens is 320 g/mol. The molecule has 1 N–H and O–H groups in total. The average Bonchev–Trinajstić information content (AvgIpc) is 3.18. The van der Waals surface area contributed by atoms with Crippen molar-refractivity contribution in [3.63, 3.8) is 0 Å². The third kappa shape index (κ3) is 42.9. The molecule has 0 bridgehead atoms. The van der Waals surface area contributed by atoms with Gasteiger partial charge in [0.1, 0.15) is 0 Å². The summed E-state index contributed by atoms with van der Waals surface area (Å²) in [6.07, 6.45) is 1.31. The second-order valence-electron chi connectivity index (χ2n) is 4.17. The van der Waals surface area contributed by atoms with Gasteiger partial charge in [0.05, 0.1) is 33.5 Å². The lowest BCUT2D eigenvalue weighted by Gasteiger charge is -1.99. The standard InChI is InChI=1S/C6H14O2.C4H10O2.C4H8O.C2H4O3/c1-3-7-5-6-8-4-2;1-5-3-4-6-2;1-2-4-5-3-1;1-5-2(3)4/h3-6H2,1-2H3;3-4H2,1-2H3;1-4H2;1H3,(H,3,4). The maximum Gasteiger partial charge on any atom is 0.505 e. The average molecular weight is 356 g/mol. The zero-order valence-electron chi connectivity index (χ0n) is 15.9. The van der Waals surface area contributed by atoms with Gasteiger partial charge in [0.25, 0.3) is 0 Å². The molecule has 8 heteroatoms. The first kappa shape index (κ1) is 27.9. The predicted octanol–water partition coefficient (Wildman–Crippen LogP) is 2.45. The fourth-order valence-electron chi connectivity index (χ4n) is 1.08. The van der Waals surface area contributed by atoms with Crippen molar-refractivity contribution in [1.82, 2.24) is 0 Å². The van der Waals surface area contributed by atoms with E-state index < -0.39 is 6.16 Å². The molecule has 0 aromatic heterocycles. The Morgan fingerprint density at radius 1 is 0.875 bits per heavy atom. The lowest BCUT2D eigenvalue weighted by atomic mass is 10.4. The fourth-order valence-corrected chi connectivity index (χ4v) is 1.08. The molecule has 8 nitrogen and oxygen atoms in total. The summed E-state index contributed by atoms with van der Waals surface area (Å²) in [6, 6.07) is 0. The van der Waals surface area contributed by atoms with Crippen LogP contribution in [0.3, 0.4) is 0 Å². The molecule has 1 fully saturated rings. The molecule has 0 amide bonds. The summed E-state index contributed by atoms with van der Waals surface area (Å²) in [5, 5.41) is 7.50. The minimum atomic E-state index is -1.25. The second kappa shape index (κ2) is 30.0. The summed E-state index contributed by atoms with van der Waals surface area (Å²) in [5.74, 6) is 0. The highest BCUT2D eigenvalue weighted by Gasteiger charge is 1.94. The van der Waals surface area contributed by atoms with Crippen LogP contribution in [0.1, 0.15) is 26.7 Å². The lowest BCUT2D eigenvalue weighted by molar-refractivity contribution is 0.0584. The second-order valence-corrected chi connectivity index (χ2v) is 4.17. The summed E-state index contributed by atoms with van der Waals surface area (Å²) >= 11 is 0. The molecule has 0 aromatic rings. The number of carbonyl (C=O) groups is 1. The zero-order valence-corrected chi connectivity index (χ0v) is 15.9. The van der Waals surface area contributed by atoms with Gasteiger partial charge in [0.15, 0.2) is 0 Å². The molecule has 1 heterocycles. The molecule has 24 heavy (non-hydrogen) atoms. The van der Waals surface area contributed by atoms with E-state index in [9.17, 15) is 0 Å². The van der Waals surface area contributed by atoms with Crippen LogP contribution in [0.4, 0.5) is 4.79 Å². The first-order valence-electron chi connectivity index (χ1n) is 8.08. The monoisotopic (exact) mass is 356 g/mol. The molecule has 0 aliphatic carbocycles. The molecule has 0 atom stereocenters. The fraction of sp³-hybridized carbons (Fsp3) is 0.938. The van der Waals surface area contributed by atoms with Crippen LogP contribution in [-0.2, 0) is 28.4 Å². The molecule has 1 aliphatic heterocycles. The van der Waals surface area contributed by atoms with Gasteiger partial charge in [-0.15, -0.1) is 0 Å². The number of rotatable bonds is 8. The van der Waals surface area contributed by atoms with E-state index in [0.29, 0.717) is 13.2 Å². The van der Waals surface area contributed by atoms with Crippen molar-refractivity contribution in [2.45, 2.75) is 26.7 Å². The largest absolute Gasteiger partial charge is 0.505 e. The maximum atomic E-state index is 9.15. The van der Waals surface area contributed by atoms with E-state index in [4.69, 9.17) is 24.1 Å². The highest BCUT2D eigenvalue weighted by Crippen LogP contribution is 1.98. The third-order valence-corrected chi connectivity index (χ3v) is 2.27. The van der Waals surface area contributed by atoms with Gasteiger partial charge in [-0.2, -0.15) is 0 Å². The van der Waals surface area contributed by atoms with E-state index in [1.165, 1.54) is 12.8 Å². The van der Waals surface area contributed by atoms with Crippen molar-refractivity contribution in [3.05, 3.63) is 0 Å². The minimum absolute atomic E-state index is 0.691. The molecule has 1 saturated heterocycles. The summed E-state index contributed by atoms with van der Waals surface area (Å²) in [6.45, 7) is 10.4. The number of hydrogen-bond donors (Lipinski definition) is 1. The Bertz CT molecular complexity index is 193. The van der Waals surface area contributed by atoms with Gasteiger partial charge in [-0.25, -0.2) is 4.79 Å². The topological polar surface area (TPSA) is 92.7 Å². The molecule has 148 valence electrons. The van der Waals surface area contributed by atoms with E-state index >= 15 is 0 Å². The number of methoxy groups -OCH3 is 3. The lowest BCUT2D eigenvalue weighted by Crippen LogP contribution is -2.02. The predicted molar refractivity (Wildman–Crippen MR) is 91.8 cm³/mol. The Labute approximate surface area is 146 Å². The highest BCUT2D eigenvalue weighted by molar-refractivity contribution is 5.56. The molecule has 1 rings (SSSR count).